The van der Waals surface area contributed by atoms with Gasteiger partial charge in [-0.15, -0.1) is 0 Å². The lowest BCUT2D eigenvalue weighted by atomic mass is 10.1. The zero-order valence-corrected chi connectivity index (χ0v) is 17.3. The molecule has 6 heteroatoms. The summed E-state index contributed by atoms with van der Waals surface area (Å²) in [7, 11) is 0. The number of fused-ring (bicyclic) bond motifs is 3. The van der Waals surface area contributed by atoms with E-state index in [0.717, 1.165) is 40.9 Å². The topological polar surface area (TPSA) is 57.8 Å². The lowest BCUT2D eigenvalue weighted by molar-refractivity contribution is 0.474. The van der Waals surface area contributed by atoms with Crippen molar-refractivity contribution in [1.29, 1.82) is 0 Å². The second kappa shape index (κ2) is 6.95. The second-order valence-electron chi connectivity index (χ2n) is 6.99. The molecule has 1 N–H and O–H groups in total. The molecule has 4 aromatic rings. The Bertz CT molecular complexity index is 1300. The van der Waals surface area contributed by atoms with Gasteiger partial charge in [-0.25, -0.2) is 9.38 Å². The Morgan fingerprint density at radius 3 is 2.54 bits per heavy atom. The number of benzene rings is 2. The van der Waals surface area contributed by atoms with Gasteiger partial charge in [0, 0.05) is 30.4 Å². The summed E-state index contributed by atoms with van der Waals surface area (Å²) in [4.78, 5) is 20.5. The highest BCUT2D eigenvalue weighted by Crippen LogP contribution is 2.25. The van der Waals surface area contributed by atoms with Crippen LogP contribution in [0.1, 0.15) is 30.5 Å². The first-order valence-corrected chi connectivity index (χ1v) is 10.3. The fraction of sp³-hybridized carbons (Fsp3) is 0.273. The Morgan fingerprint density at radius 2 is 1.86 bits per heavy atom. The lowest BCUT2D eigenvalue weighted by Gasteiger charge is -2.21. The summed E-state index contributed by atoms with van der Waals surface area (Å²) >= 11 is 1.35. The molecule has 0 unspecified atom stereocenters. The van der Waals surface area contributed by atoms with E-state index in [4.69, 9.17) is 0 Å². The molecular weight excluding hydrogens is 370 g/mol. The van der Waals surface area contributed by atoms with Gasteiger partial charge in [0.15, 0.2) is 4.96 Å². The molecule has 28 heavy (non-hydrogen) atoms. The quantitative estimate of drug-likeness (QED) is 0.575. The van der Waals surface area contributed by atoms with Gasteiger partial charge in [0.1, 0.15) is 5.75 Å². The molecule has 0 saturated heterocycles. The van der Waals surface area contributed by atoms with Crippen molar-refractivity contribution in [2.24, 2.45) is 0 Å². The van der Waals surface area contributed by atoms with Crippen LogP contribution >= 0.6 is 11.3 Å². The predicted octanol–water partition coefficient (Wildman–Crippen LogP) is 3.63. The van der Waals surface area contributed by atoms with Gasteiger partial charge in [0.05, 0.1) is 15.6 Å². The largest absolute Gasteiger partial charge is 0.507 e. The lowest BCUT2D eigenvalue weighted by Crippen LogP contribution is -2.23. The molecule has 0 spiro atoms. The summed E-state index contributed by atoms with van der Waals surface area (Å²) in [6.45, 7) is 9.99. The molecule has 0 aliphatic carbocycles. The summed E-state index contributed by atoms with van der Waals surface area (Å²) in [6, 6.07) is 9.62. The second-order valence-corrected chi connectivity index (χ2v) is 8.00. The van der Waals surface area contributed by atoms with Gasteiger partial charge >= 0.3 is 0 Å². The smallest absolute Gasteiger partial charge is 0.274 e. The number of hydrogen-bond acceptors (Lipinski definition) is 5. The standard InChI is InChI=1S/C22H23N3O2S/c1-5-24(6-2)16-8-7-15(19(26)12-16)11-20-21(27)25-18-10-14(4)13(3)9-17(18)23-22(25)28-20/h7-12,26H,5-6H2,1-4H3/b20-11-. The maximum atomic E-state index is 13.0. The summed E-state index contributed by atoms with van der Waals surface area (Å²) in [6.07, 6.45) is 1.75. The van der Waals surface area contributed by atoms with Crippen molar-refractivity contribution in [1.82, 2.24) is 9.38 Å². The molecule has 0 atom stereocenters. The minimum absolute atomic E-state index is 0.0991. The normalized spacial score (nSPS) is 12.4. The van der Waals surface area contributed by atoms with Crippen LogP contribution in [0.3, 0.4) is 0 Å². The van der Waals surface area contributed by atoms with Gasteiger partial charge in [-0.1, -0.05) is 11.3 Å². The van der Waals surface area contributed by atoms with Crippen molar-refractivity contribution in [3.63, 3.8) is 0 Å². The summed E-state index contributed by atoms with van der Waals surface area (Å²) in [5, 5.41) is 10.5. The fourth-order valence-electron chi connectivity index (χ4n) is 3.50. The zero-order chi connectivity index (χ0) is 20.0. The highest BCUT2D eigenvalue weighted by Gasteiger charge is 2.13. The summed E-state index contributed by atoms with van der Waals surface area (Å²) in [5.74, 6) is 0.172. The van der Waals surface area contributed by atoms with E-state index < -0.39 is 0 Å². The van der Waals surface area contributed by atoms with Crippen molar-refractivity contribution < 1.29 is 5.11 Å². The number of phenolic OH excluding ortho intramolecular Hbond substituents is 1. The van der Waals surface area contributed by atoms with E-state index in [1.807, 2.05) is 38.1 Å². The van der Waals surface area contributed by atoms with E-state index in [9.17, 15) is 9.90 Å². The van der Waals surface area contributed by atoms with Crippen LogP contribution in [-0.4, -0.2) is 27.6 Å². The number of nitrogens with zero attached hydrogens (tertiary/aromatic N) is 3. The number of phenols is 1. The number of rotatable bonds is 4. The van der Waals surface area contributed by atoms with Gasteiger partial charge in [0.25, 0.3) is 5.56 Å². The van der Waals surface area contributed by atoms with Gasteiger partial charge in [-0.05, 0) is 69.2 Å². The molecule has 2 heterocycles. The number of imidazole rings is 1. The number of thiazole rings is 1. The molecule has 2 aromatic carbocycles. The first kappa shape index (κ1) is 18.5. The molecule has 0 amide bonds. The van der Waals surface area contributed by atoms with E-state index in [2.05, 4.69) is 23.7 Å². The molecule has 0 fully saturated rings. The summed E-state index contributed by atoms with van der Waals surface area (Å²) < 4.78 is 2.23. The Morgan fingerprint density at radius 1 is 1.14 bits per heavy atom. The third-order valence-corrected chi connectivity index (χ3v) is 6.25. The van der Waals surface area contributed by atoms with Gasteiger partial charge < -0.3 is 10.0 Å². The van der Waals surface area contributed by atoms with Crippen LogP contribution in [-0.2, 0) is 0 Å². The average Bonchev–Trinajstić information content (AvgIpc) is 3.15. The Balaban J connectivity index is 1.85. The van der Waals surface area contributed by atoms with Crippen LogP contribution in [0.15, 0.2) is 35.1 Å². The molecule has 5 nitrogen and oxygen atoms in total. The molecule has 2 aromatic heterocycles. The molecule has 0 saturated carbocycles. The Labute approximate surface area is 167 Å². The van der Waals surface area contributed by atoms with E-state index in [-0.39, 0.29) is 11.3 Å². The highest BCUT2D eigenvalue weighted by atomic mass is 32.1. The maximum absolute atomic E-state index is 13.0. The van der Waals surface area contributed by atoms with E-state index >= 15 is 0 Å². The molecule has 0 radical (unpaired) electrons. The minimum atomic E-state index is -0.0991. The van der Waals surface area contributed by atoms with E-state index in [1.165, 1.54) is 11.3 Å². The van der Waals surface area contributed by atoms with Gasteiger partial charge in [-0.3, -0.25) is 4.79 Å². The molecule has 0 aliphatic heterocycles. The molecule has 0 aliphatic rings. The molecule has 144 valence electrons. The molecule has 0 bridgehead atoms. The average molecular weight is 394 g/mol. The summed E-state index contributed by atoms with van der Waals surface area (Å²) in [5.41, 5.74) is 5.47. The Kier molecular flexibility index (Phi) is 4.59. The monoisotopic (exact) mass is 393 g/mol. The van der Waals surface area contributed by atoms with Crippen molar-refractivity contribution in [2.75, 3.05) is 18.0 Å². The van der Waals surface area contributed by atoms with Crippen molar-refractivity contribution in [3.05, 3.63) is 61.9 Å². The predicted molar refractivity (Wildman–Crippen MR) is 117 cm³/mol. The third-order valence-electron chi connectivity index (χ3n) is 5.28. The van der Waals surface area contributed by atoms with Crippen LogP contribution in [0.4, 0.5) is 5.69 Å². The van der Waals surface area contributed by atoms with Gasteiger partial charge in [-0.2, -0.15) is 0 Å². The zero-order valence-electron chi connectivity index (χ0n) is 16.5. The number of aromatic hydroxyl groups is 1. The fourth-order valence-corrected chi connectivity index (χ4v) is 4.48. The van der Waals surface area contributed by atoms with Crippen LogP contribution in [0.5, 0.6) is 5.75 Å². The van der Waals surface area contributed by atoms with Crippen LogP contribution < -0.4 is 15.0 Å². The number of anilines is 1. The number of aromatic nitrogens is 2. The first-order valence-electron chi connectivity index (χ1n) is 9.44. The van der Waals surface area contributed by atoms with E-state index in [1.54, 1.807) is 16.5 Å². The van der Waals surface area contributed by atoms with Crippen molar-refractivity contribution in [3.8, 4) is 5.75 Å². The number of hydrogen-bond donors (Lipinski definition) is 1. The minimum Gasteiger partial charge on any atom is -0.507 e. The van der Waals surface area contributed by atoms with Crippen molar-refractivity contribution >= 4 is 39.1 Å². The van der Waals surface area contributed by atoms with Crippen LogP contribution in [0.25, 0.3) is 22.1 Å². The first-order chi connectivity index (χ1) is 13.4. The van der Waals surface area contributed by atoms with Crippen LogP contribution in [0, 0.1) is 13.8 Å². The van der Waals surface area contributed by atoms with E-state index in [0.29, 0.717) is 15.1 Å². The van der Waals surface area contributed by atoms with Crippen LogP contribution in [0.2, 0.25) is 0 Å². The molecule has 4 rings (SSSR count). The Hall–Kier alpha value is -2.86. The van der Waals surface area contributed by atoms with Gasteiger partial charge in [0.2, 0.25) is 0 Å². The number of aryl methyl sites for hydroxylation is 2. The third kappa shape index (κ3) is 2.94. The molecular formula is C22H23N3O2S. The SMILES string of the molecule is CCN(CC)c1ccc(/C=c2\sc3nc4cc(C)c(C)cc4n3c2=O)c(O)c1. The maximum Gasteiger partial charge on any atom is 0.274 e. The highest BCUT2D eigenvalue weighted by molar-refractivity contribution is 7.15. The van der Waals surface area contributed by atoms with Crippen molar-refractivity contribution in [2.45, 2.75) is 27.7 Å².